The highest BCUT2D eigenvalue weighted by Crippen LogP contribution is 2.30. The molecule has 0 aromatic rings. The summed E-state index contributed by atoms with van der Waals surface area (Å²) in [7, 11) is 0. The minimum absolute atomic E-state index is 0.545. The molecule has 0 unspecified atom stereocenters. The van der Waals surface area contributed by atoms with Crippen molar-refractivity contribution in [3.05, 3.63) is 0 Å². The standard InChI is InChI=1S/C14H26N2O/c1-2-17-14-9-12(10-14)15-11-5-7-16(8-6-11)13-3-4-13/h11-15H,2-10H2,1H3. The lowest BCUT2D eigenvalue weighted by atomic mass is 9.87. The molecule has 98 valence electrons. The van der Waals surface area contributed by atoms with E-state index in [1.807, 2.05) is 0 Å². The zero-order chi connectivity index (χ0) is 11.7. The minimum atomic E-state index is 0.545. The Kier molecular flexibility index (Phi) is 3.69. The largest absolute Gasteiger partial charge is 0.378 e. The highest BCUT2D eigenvalue weighted by atomic mass is 16.5. The molecule has 1 saturated heterocycles. The molecule has 0 aromatic heterocycles. The van der Waals surface area contributed by atoms with Crippen LogP contribution in [-0.2, 0) is 4.74 Å². The molecule has 17 heavy (non-hydrogen) atoms. The van der Waals surface area contributed by atoms with Gasteiger partial charge in [-0.1, -0.05) is 0 Å². The Morgan fingerprint density at radius 2 is 1.76 bits per heavy atom. The molecule has 3 heteroatoms. The maximum Gasteiger partial charge on any atom is 0.0604 e. The summed E-state index contributed by atoms with van der Waals surface area (Å²) in [5.74, 6) is 0. The zero-order valence-corrected chi connectivity index (χ0v) is 11.0. The molecule has 1 N–H and O–H groups in total. The van der Waals surface area contributed by atoms with Gasteiger partial charge in [0.25, 0.3) is 0 Å². The number of likely N-dealkylation sites (tertiary alicyclic amines) is 1. The molecule has 1 aliphatic heterocycles. The summed E-state index contributed by atoms with van der Waals surface area (Å²) in [5.41, 5.74) is 0. The number of ether oxygens (including phenoxy) is 1. The van der Waals surface area contributed by atoms with E-state index in [0.29, 0.717) is 6.10 Å². The van der Waals surface area contributed by atoms with Crippen LogP contribution in [0.2, 0.25) is 0 Å². The van der Waals surface area contributed by atoms with Gasteiger partial charge >= 0.3 is 0 Å². The second kappa shape index (κ2) is 5.25. The summed E-state index contributed by atoms with van der Waals surface area (Å²) in [4.78, 5) is 2.70. The summed E-state index contributed by atoms with van der Waals surface area (Å²) >= 11 is 0. The minimum Gasteiger partial charge on any atom is -0.378 e. The molecule has 2 saturated carbocycles. The summed E-state index contributed by atoms with van der Waals surface area (Å²) in [6.07, 6.45) is 8.63. The van der Waals surface area contributed by atoms with Crippen LogP contribution in [0.3, 0.4) is 0 Å². The number of piperidine rings is 1. The Balaban J connectivity index is 1.32. The first-order valence-corrected chi connectivity index (χ1v) is 7.47. The number of rotatable bonds is 5. The van der Waals surface area contributed by atoms with E-state index < -0.39 is 0 Å². The van der Waals surface area contributed by atoms with E-state index in [1.54, 1.807) is 0 Å². The Hall–Kier alpha value is -0.120. The maximum absolute atomic E-state index is 5.61. The molecule has 0 radical (unpaired) electrons. The van der Waals surface area contributed by atoms with Crippen LogP contribution in [0, 0.1) is 0 Å². The molecule has 3 fully saturated rings. The Bertz CT molecular complexity index is 241. The van der Waals surface area contributed by atoms with Gasteiger partial charge in [-0.15, -0.1) is 0 Å². The van der Waals surface area contributed by atoms with Gasteiger partial charge in [-0.25, -0.2) is 0 Å². The van der Waals surface area contributed by atoms with Gasteiger partial charge in [0.2, 0.25) is 0 Å². The normalized spacial score (nSPS) is 35.8. The Labute approximate surface area is 105 Å². The molecule has 2 aliphatic carbocycles. The Morgan fingerprint density at radius 3 is 2.35 bits per heavy atom. The lowest BCUT2D eigenvalue weighted by Crippen LogP contribution is -2.52. The van der Waals surface area contributed by atoms with Gasteiger partial charge in [-0.3, -0.25) is 0 Å². The van der Waals surface area contributed by atoms with E-state index in [9.17, 15) is 0 Å². The highest BCUT2D eigenvalue weighted by Gasteiger charge is 2.34. The van der Waals surface area contributed by atoms with Crippen LogP contribution in [0.5, 0.6) is 0 Å². The van der Waals surface area contributed by atoms with Crippen molar-refractivity contribution in [2.24, 2.45) is 0 Å². The van der Waals surface area contributed by atoms with E-state index in [4.69, 9.17) is 4.74 Å². The smallest absolute Gasteiger partial charge is 0.0604 e. The van der Waals surface area contributed by atoms with Crippen LogP contribution in [-0.4, -0.2) is 48.8 Å². The van der Waals surface area contributed by atoms with Gasteiger partial charge in [-0.2, -0.15) is 0 Å². The number of nitrogens with zero attached hydrogens (tertiary/aromatic N) is 1. The molecule has 3 aliphatic rings. The van der Waals surface area contributed by atoms with Crippen LogP contribution in [0.4, 0.5) is 0 Å². The van der Waals surface area contributed by atoms with Crippen molar-refractivity contribution in [3.8, 4) is 0 Å². The van der Waals surface area contributed by atoms with Crippen molar-refractivity contribution in [1.82, 2.24) is 10.2 Å². The predicted octanol–water partition coefficient (Wildman–Crippen LogP) is 1.77. The lowest BCUT2D eigenvalue weighted by Gasteiger charge is -2.40. The molecular weight excluding hydrogens is 212 g/mol. The third kappa shape index (κ3) is 3.01. The fourth-order valence-corrected chi connectivity index (χ4v) is 3.28. The van der Waals surface area contributed by atoms with Crippen LogP contribution in [0.15, 0.2) is 0 Å². The summed E-state index contributed by atoms with van der Waals surface area (Å²) < 4.78 is 5.61. The first-order chi connectivity index (χ1) is 8.35. The fourth-order valence-electron chi connectivity index (χ4n) is 3.28. The van der Waals surface area contributed by atoms with E-state index in [-0.39, 0.29) is 0 Å². The Morgan fingerprint density at radius 1 is 1.06 bits per heavy atom. The third-order valence-corrected chi connectivity index (χ3v) is 4.56. The second-order valence-electron chi connectivity index (χ2n) is 5.95. The SMILES string of the molecule is CCOC1CC(NC2CCN(C3CC3)CC2)C1. The van der Waals surface area contributed by atoms with Crippen LogP contribution < -0.4 is 5.32 Å². The van der Waals surface area contributed by atoms with Crippen molar-refractivity contribution >= 4 is 0 Å². The van der Waals surface area contributed by atoms with Crippen molar-refractivity contribution < 1.29 is 4.74 Å². The van der Waals surface area contributed by atoms with E-state index in [2.05, 4.69) is 17.1 Å². The molecule has 1 heterocycles. The van der Waals surface area contributed by atoms with Gasteiger partial charge < -0.3 is 15.0 Å². The summed E-state index contributed by atoms with van der Waals surface area (Å²) in [5, 5.41) is 3.82. The van der Waals surface area contributed by atoms with E-state index >= 15 is 0 Å². The molecule has 0 amide bonds. The quantitative estimate of drug-likeness (QED) is 0.790. The average Bonchev–Trinajstić information content (AvgIpc) is 3.11. The number of hydrogen-bond acceptors (Lipinski definition) is 3. The lowest BCUT2D eigenvalue weighted by molar-refractivity contribution is -0.0143. The molecule has 3 nitrogen and oxygen atoms in total. The summed E-state index contributed by atoms with van der Waals surface area (Å²) in [6.45, 7) is 5.61. The average molecular weight is 238 g/mol. The molecular formula is C14H26N2O. The maximum atomic E-state index is 5.61. The first kappa shape index (κ1) is 11.9. The first-order valence-electron chi connectivity index (χ1n) is 7.47. The zero-order valence-electron chi connectivity index (χ0n) is 11.0. The van der Waals surface area contributed by atoms with E-state index in [1.165, 1.54) is 51.6 Å². The second-order valence-corrected chi connectivity index (χ2v) is 5.95. The van der Waals surface area contributed by atoms with Crippen molar-refractivity contribution in [2.45, 2.75) is 69.7 Å². The van der Waals surface area contributed by atoms with Crippen LogP contribution in [0.25, 0.3) is 0 Å². The van der Waals surface area contributed by atoms with Crippen molar-refractivity contribution in [2.75, 3.05) is 19.7 Å². The van der Waals surface area contributed by atoms with Crippen molar-refractivity contribution in [1.29, 1.82) is 0 Å². The van der Waals surface area contributed by atoms with Gasteiger partial charge in [0.15, 0.2) is 0 Å². The molecule has 3 rings (SSSR count). The van der Waals surface area contributed by atoms with Gasteiger partial charge in [0.1, 0.15) is 0 Å². The van der Waals surface area contributed by atoms with Gasteiger partial charge in [0, 0.05) is 24.7 Å². The van der Waals surface area contributed by atoms with Crippen molar-refractivity contribution in [3.63, 3.8) is 0 Å². The number of nitrogens with one attached hydrogen (secondary N) is 1. The molecule has 0 spiro atoms. The molecule has 0 aromatic carbocycles. The molecule has 0 atom stereocenters. The van der Waals surface area contributed by atoms with Crippen LogP contribution >= 0.6 is 0 Å². The predicted molar refractivity (Wildman–Crippen MR) is 69.2 cm³/mol. The van der Waals surface area contributed by atoms with Gasteiger partial charge in [-0.05, 0) is 58.5 Å². The summed E-state index contributed by atoms with van der Waals surface area (Å²) in [6, 6.07) is 2.48. The topological polar surface area (TPSA) is 24.5 Å². The monoisotopic (exact) mass is 238 g/mol. The van der Waals surface area contributed by atoms with Crippen LogP contribution in [0.1, 0.15) is 45.4 Å². The number of hydrogen-bond donors (Lipinski definition) is 1. The fraction of sp³-hybridized carbons (Fsp3) is 1.00. The molecule has 0 bridgehead atoms. The highest BCUT2D eigenvalue weighted by molar-refractivity contribution is 4.92. The third-order valence-electron chi connectivity index (χ3n) is 4.56. The van der Waals surface area contributed by atoms with Gasteiger partial charge in [0.05, 0.1) is 6.10 Å². The van der Waals surface area contributed by atoms with E-state index in [0.717, 1.165) is 24.7 Å².